The third-order valence-corrected chi connectivity index (χ3v) is 1.38. The van der Waals surface area contributed by atoms with Gasteiger partial charge in [-0.2, -0.15) is 14.3 Å². The van der Waals surface area contributed by atoms with E-state index >= 15 is 0 Å². The van der Waals surface area contributed by atoms with Crippen LogP contribution >= 0.6 is 0 Å². The van der Waals surface area contributed by atoms with Crippen LogP contribution in [0.4, 0.5) is 0 Å². The van der Waals surface area contributed by atoms with Gasteiger partial charge in [0, 0.05) is 0 Å². The third-order valence-electron chi connectivity index (χ3n) is 1.38. The van der Waals surface area contributed by atoms with Crippen molar-refractivity contribution in [3.8, 4) is 0 Å². The van der Waals surface area contributed by atoms with Crippen molar-refractivity contribution in [3.05, 3.63) is 18.9 Å². The van der Waals surface area contributed by atoms with E-state index in [0.717, 1.165) is 5.65 Å². The average Bonchev–Trinajstić information content (AvgIpc) is 2.53. The van der Waals surface area contributed by atoms with E-state index in [1.165, 1.54) is 0 Å². The van der Waals surface area contributed by atoms with Crippen molar-refractivity contribution in [2.24, 2.45) is 0 Å². The van der Waals surface area contributed by atoms with Gasteiger partial charge in [-0.05, 0) is 6.92 Å². The lowest BCUT2D eigenvalue weighted by Crippen LogP contribution is -2.08. The molecular formula is C6H8N4O. The van der Waals surface area contributed by atoms with Gasteiger partial charge in [-0.1, -0.05) is 0 Å². The minimum atomic E-state index is 0.622. The molecule has 0 aliphatic carbocycles. The smallest absolute Gasteiger partial charge is 0.191 e. The van der Waals surface area contributed by atoms with Crippen LogP contribution in [0.5, 0.6) is 0 Å². The summed E-state index contributed by atoms with van der Waals surface area (Å²) < 4.78 is 3.24. The summed E-state index contributed by atoms with van der Waals surface area (Å²) in [4.78, 5) is 9.11. The first kappa shape index (κ1) is 6.21. The summed E-state index contributed by atoms with van der Waals surface area (Å²) in [6, 6.07) is 0. The van der Waals surface area contributed by atoms with Gasteiger partial charge in [-0.25, -0.2) is 4.98 Å². The minimum absolute atomic E-state index is 0.622. The Morgan fingerprint density at radius 1 is 1.55 bits per heavy atom. The lowest BCUT2D eigenvalue weighted by molar-refractivity contribution is 0.130. The first-order valence-corrected chi connectivity index (χ1v) is 3.41. The van der Waals surface area contributed by atoms with Crippen LogP contribution in [0.3, 0.4) is 0 Å². The highest BCUT2D eigenvalue weighted by molar-refractivity contribution is 5.33. The summed E-state index contributed by atoms with van der Waals surface area (Å²) in [5, 5.41) is 3.99. The Morgan fingerprint density at radius 2 is 2.45 bits per heavy atom. The zero-order valence-corrected chi connectivity index (χ0v) is 6.14. The molecule has 11 heavy (non-hydrogen) atoms. The van der Waals surface area contributed by atoms with E-state index in [1.54, 1.807) is 28.1 Å². The van der Waals surface area contributed by atoms with Crippen LogP contribution < -0.4 is 4.84 Å². The minimum Gasteiger partial charge on any atom is -0.411 e. The molecule has 2 heterocycles. The molecule has 0 saturated carbocycles. The van der Waals surface area contributed by atoms with Crippen molar-refractivity contribution in [3.63, 3.8) is 0 Å². The molecule has 0 saturated heterocycles. The molecule has 0 aromatic carbocycles. The maximum absolute atomic E-state index is 5.21. The van der Waals surface area contributed by atoms with E-state index < -0.39 is 0 Å². The maximum Gasteiger partial charge on any atom is 0.191 e. The molecule has 0 N–H and O–H groups in total. The summed E-state index contributed by atoms with van der Waals surface area (Å²) in [6.07, 6.45) is 4.94. The molecule has 0 bridgehead atoms. The second kappa shape index (κ2) is 2.26. The molecule has 0 aliphatic rings. The first-order valence-electron chi connectivity index (χ1n) is 3.41. The topological polar surface area (TPSA) is 44.4 Å². The van der Waals surface area contributed by atoms with Gasteiger partial charge in [0.15, 0.2) is 12.0 Å². The molecule has 0 atom stereocenters. The Balaban J connectivity index is 2.51. The van der Waals surface area contributed by atoms with E-state index in [1.807, 2.05) is 6.92 Å². The van der Waals surface area contributed by atoms with Crippen molar-refractivity contribution < 1.29 is 4.84 Å². The van der Waals surface area contributed by atoms with E-state index in [0.29, 0.717) is 6.61 Å². The summed E-state index contributed by atoms with van der Waals surface area (Å²) in [7, 11) is 0. The van der Waals surface area contributed by atoms with Gasteiger partial charge in [0.1, 0.15) is 12.9 Å². The van der Waals surface area contributed by atoms with Crippen molar-refractivity contribution in [2.75, 3.05) is 6.61 Å². The molecule has 2 aromatic heterocycles. The van der Waals surface area contributed by atoms with Crippen LogP contribution in [0.15, 0.2) is 18.9 Å². The number of nitrogens with zero attached hydrogens (tertiary/aromatic N) is 4. The summed E-state index contributed by atoms with van der Waals surface area (Å²) in [5.41, 5.74) is 0.840. The molecule has 0 amide bonds. The van der Waals surface area contributed by atoms with Crippen LogP contribution in [0.1, 0.15) is 6.92 Å². The Labute approximate surface area is 63.2 Å². The highest BCUT2D eigenvalue weighted by Crippen LogP contribution is 1.97. The van der Waals surface area contributed by atoms with Gasteiger partial charge < -0.3 is 4.84 Å². The van der Waals surface area contributed by atoms with Crippen LogP contribution in [-0.2, 0) is 0 Å². The van der Waals surface area contributed by atoms with Crippen LogP contribution in [0.2, 0.25) is 0 Å². The predicted molar refractivity (Wildman–Crippen MR) is 38.1 cm³/mol. The Bertz CT molecular complexity index is 350. The van der Waals surface area contributed by atoms with Gasteiger partial charge >= 0.3 is 0 Å². The highest BCUT2D eigenvalue weighted by atomic mass is 16.7. The quantitative estimate of drug-likeness (QED) is 0.607. The lowest BCUT2D eigenvalue weighted by atomic mass is 10.8. The molecule has 0 spiro atoms. The summed E-state index contributed by atoms with van der Waals surface area (Å²) in [5.74, 6) is 0. The molecule has 0 aliphatic heterocycles. The van der Waals surface area contributed by atoms with Gasteiger partial charge in [-0.15, -0.1) is 0 Å². The van der Waals surface area contributed by atoms with Crippen molar-refractivity contribution in [1.29, 1.82) is 0 Å². The summed E-state index contributed by atoms with van der Waals surface area (Å²) >= 11 is 0. The van der Waals surface area contributed by atoms with Crippen molar-refractivity contribution >= 4 is 5.65 Å². The molecular weight excluding hydrogens is 144 g/mol. The molecule has 5 nitrogen and oxygen atoms in total. The fraction of sp³-hybridized carbons (Fsp3) is 0.333. The van der Waals surface area contributed by atoms with E-state index in [-0.39, 0.29) is 0 Å². The van der Waals surface area contributed by atoms with E-state index in [2.05, 4.69) is 10.1 Å². The highest BCUT2D eigenvalue weighted by Gasteiger charge is 2.00. The average molecular weight is 152 g/mol. The molecule has 0 unspecified atom stereocenters. The molecule has 58 valence electrons. The van der Waals surface area contributed by atoms with E-state index in [4.69, 9.17) is 4.84 Å². The van der Waals surface area contributed by atoms with Crippen LogP contribution in [0.25, 0.3) is 5.65 Å². The summed E-state index contributed by atoms with van der Waals surface area (Å²) in [6.45, 7) is 2.55. The number of rotatable bonds is 2. The van der Waals surface area contributed by atoms with Crippen molar-refractivity contribution in [1.82, 2.24) is 19.3 Å². The molecule has 2 aromatic rings. The largest absolute Gasteiger partial charge is 0.411 e. The Hall–Kier alpha value is -1.52. The van der Waals surface area contributed by atoms with Gasteiger partial charge in [0.05, 0.1) is 6.20 Å². The zero-order chi connectivity index (χ0) is 7.68. The second-order valence-electron chi connectivity index (χ2n) is 2.07. The number of imidazole rings is 1. The number of aromatic nitrogens is 4. The number of fused-ring (bicyclic) bond motifs is 1. The first-order chi connectivity index (χ1) is 5.42. The van der Waals surface area contributed by atoms with Gasteiger partial charge in [-0.3, -0.25) is 0 Å². The fourth-order valence-electron chi connectivity index (χ4n) is 0.929. The molecule has 5 heteroatoms. The monoisotopic (exact) mass is 152 g/mol. The van der Waals surface area contributed by atoms with Crippen LogP contribution in [0, 0.1) is 0 Å². The third kappa shape index (κ3) is 0.849. The standard InChI is InChI=1S/C6H8N4O/c1-2-11-10-5-8-9-4-7-3-6(9)10/h3-5H,2H2,1H3. The molecule has 0 fully saturated rings. The Morgan fingerprint density at radius 3 is 3.27 bits per heavy atom. The van der Waals surface area contributed by atoms with E-state index in [9.17, 15) is 0 Å². The van der Waals surface area contributed by atoms with Crippen LogP contribution in [-0.4, -0.2) is 25.9 Å². The second-order valence-corrected chi connectivity index (χ2v) is 2.07. The number of hydrogen-bond acceptors (Lipinski definition) is 3. The lowest BCUT2D eigenvalue weighted by Gasteiger charge is -1.99. The van der Waals surface area contributed by atoms with Gasteiger partial charge in [0.2, 0.25) is 0 Å². The molecule has 2 rings (SSSR count). The zero-order valence-electron chi connectivity index (χ0n) is 6.14. The fourth-order valence-corrected chi connectivity index (χ4v) is 0.929. The predicted octanol–water partition coefficient (Wildman–Crippen LogP) is -0.0207. The van der Waals surface area contributed by atoms with Gasteiger partial charge in [0.25, 0.3) is 0 Å². The maximum atomic E-state index is 5.21. The van der Waals surface area contributed by atoms with Crippen molar-refractivity contribution in [2.45, 2.75) is 6.92 Å². The Kier molecular flexibility index (Phi) is 1.28. The molecule has 0 radical (unpaired) electrons. The number of hydrogen-bond donors (Lipinski definition) is 0. The normalized spacial score (nSPS) is 10.6. The SMILES string of the molecule is CCOn1cnn2cncc12.